The lowest BCUT2D eigenvalue weighted by Gasteiger charge is -2.21. The molecule has 190 valence electrons. The number of carbonyl (C=O) groups excluding carboxylic acids is 3. The Balaban J connectivity index is 1.29. The maximum absolute atomic E-state index is 13.8. The highest BCUT2D eigenvalue weighted by atomic mass is 19.1. The molecular weight excluding hydrogens is 477 g/mol. The Morgan fingerprint density at radius 2 is 2.00 bits per heavy atom. The Labute approximate surface area is 212 Å². The zero-order chi connectivity index (χ0) is 26.1. The summed E-state index contributed by atoms with van der Waals surface area (Å²) in [5, 5.41) is 18.6. The number of ether oxygens (including phenoxy) is 1. The number of aromatic amines is 1. The van der Waals surface area contributed by atoms with E-state index in [9.17, 15) is 24.0 Å². The molecular formula is C27H26FN5O4. The van der Waals surface area contributed by atoms with E-state index in [0.717, 1.165) is 23.7 Å². The van der Waals surface area contributed by atoms with Gasteiger partial charge in [-0.15, -0.1) is 0 Å². The number of H-pyrrole nitrogens is 1. The van der Waals surface area contributed by atoms with Crippen LogP contribution >= 0.6 is 0 Å². The summed E-state index contributed by atoms with van der Waals surface area (Å²) in [6.45, 7) is 0. The molecule has 2 aromatic carbocycles. The molecule has 3 atom stereocenters. The van der Waals surface area contributed by atoms with Crippen molar-refractivity contribution in [1.29, 1.82) is 5.26 Å². The quantitative estimate of drug-likeness (QED) is 0.355. The zero-order valence-electron chi connectivity index (χ0n) is 20.1. The number of aromatic nitrogens is 1. The number of nitrogens with zero attached hydrogens (tertiary/aromatic N) is 1. The summed E-state index contributed by atoms with van der Waals surface area (Å²) in [5.41, 5.74) is 1.96. The van der Waals surface area contributed by atoms with Crippen LogP contribution in [0.4, 0.5) is 10.1 Å². The van der Waals surface area contributed by atoms with Gasteiger partial charge in [0.25, 0.3) is 5.91 Å². The lowest BCUT2D eigenvalue weighted by Crippen LogP contribution is -2.50. The van der Waals surface area contributed by atoms with Crippen molar-refractivity contribution in [2.45, 2.75) is 43.7 Å². The summed E-state index contributed by atoms with van der Waals surface area (Å²) in [4.78, 5) is 41.8. The SMILES string of the molecule is COc1cccc2[nH]c(C(=O)NC(CC3CC3)C(=O)NC(C#N)CC3C(=O)Nc4ccc(F)cc43)cc12. The van der Waals surface area contributed by atoms with Crippen molar-refractivity contribution in [3.63, 3.8) is 0 Å². The van der Waals surface area contributed by atoms with Crippen LogP contribution in [-0.4, -0.2) is 41.9 Å². The number of rotatable bonds is 9. The maximum Gasteiger partial charge on any atom is 0.268 e. The summed E-state index contributed by atoms with van der Waals surface area (Å²) < 4.78 is 19.1. The van der Waals surface area contributed by atoms with E-state index in [1.807, 2.05) is 18.2 Å². The number of anilines is 1. The number of nitriles is 1. The molecule has 0 bridgehead atoms. The molecule has 0 radical (unpaired) electrons. The van der Waals surface area contributed by atoms with Crippen molar-refractivity contribution >= 4 is 34.3 Å². The van der Waals surface area contributed by atoms with E-state index in [4.69, 9.17) is 4.74 Å². The van der Waals surface area contributed by atoms with E-state index >= 15 is 0 Å². The average Bonchev–Trinajstić information content (AvgIpc) is 3.51. The number of methoxy groups -OCH3 is 1. The molecule has 1 fully saturated rings. The third-order valence-electron chi connectivity index (χ3n) is 6.88. The van der Waals surface area contributed by atoms with Crippen LogP contribution in [0.1, 0.15) is 47.7 Å². The first-order chi connectivity index (χ1) is 17.9. The molecule has 2 heterocycles. The molecule has 3 aromatic rings. The maximum atomic E-state index is 13.8. The molecule has 1 saturated carbocycles. The topological polar surface area (TPSA) is 136 Å². The Bertz CT molecular complexity index is 1420. The molecule has 10 heteroatoms. The van der Waals surface area contributed by atoms with Gasteiger partial charge >= 0.3 is 0 Å². The molecule has 4 N–H and O–H groups in total. The van der Waals surface area contributed by atoms with Gasteiger partial charge in [0.05, 0.1) is 19.1 Å². The van der Waals surface area contributed by atoms with Crippen LogP contribution < -0.4 is 20.7 Å². The molecule has 37 heavy (non-hydrogen) atoms. The lowest BCUT2D eigenvalue weighted by atomic mass is 9.93. The molecule has 3 unspecified atom stereocenters. The third kappa shape index (κ3) is 5.11. The van der Waals surface area contributed by atoms with Gasteiger partial charge in [-0.2, -0.15) is 5.26 Å². The van der Waals surface area contributed by atoms with E-state index in [-0.39, 0.29) is 18.0 Å². The predicted octanol–water partition coefficient (Wildman–Crippen LogP) is 3.35. The van der Waals surface area contributed by atoms with E-state index in [1.54, 1.807) is 19.2 Å². The van der Waals surface area contributed by atoms with Crippen molar-refractivity contribution < 1.29 is 23.5 Å². The highest BCUT2D eigenvalue weighted by Crippen LogP contribution is 2.36. The Morgan fingerprint density at radius 1 is 1.19 bits per heavy atom. The van der Waals surface area contributed by atoms with Gasteiger partial charge in [0, 0.05) is 16.6 Å². The van der Waals surface area contributed by atoms with Crippen molar-refractivity contribution in [1.82, 2.24) is 15.6 Å². The fourth-order valence-corrected chi connectivity index (χ4v) is 4.76. The van der Waals surface area contributed by atoms with Crippen molar-refractivity contribution in [3.05, 3.63) is 59.5 Å². The van der Waals surface area contributed by atoms with Gasteiger partial charge in [0.1, 0.15) is 29.3 Å². The summed E-state index contributed by atoms with van der Waals surface area (Å²) >= 11 is 0. The van der Waals surface area contributed by atoms with Gasteiger partial charge < -0.3 is 25.7 Å². The van der Waals surface area contributed by atoms with Crippen molar-refractivity contribution in [3.8, 4) is 11.8 Å². The Hall–Kier alpha value is -4.39. The number of hydrogen-bond donors (Lipinski definition) is 4. The smallest absolute Gasteiger partial charge is 0.268 e. The number of halogens is 1. The monoisotopic (exact) mass is 503 g/mol. The predicted molar refractivity (Wildman–Crippen MR) is 133 cm³/mol. The van der Waals surface area contributed by atoms with Gasteiger partial charge in [-0.25, -0.2) is 4.39 Å². The second-order valence-corrected chi connectivity index (χ2v) is 9.51. The van der Waals surface area contributed by atoms with Crippen molar-refractivity contribution in [2.75, 3.05) is 12.4 Å². The highest BCUT2D eigenvalue weighted by Gasteiger charge is 2.35. The standard InChI is InChI=1S/C27H26FN5O4/c1-37-24-4-2-3-20-19(24)12-23(31-20)27(36)33-22(9-14-5-6-14)26(35)30-16(13-29)11-18-17-10-15(28)7-8-21(17)32-25(18)34/h2-4,7-8,10,12,14,16,18,22,31H,5-6,9,11H2,1H3,(H,30,35)(H,32,34)(H,33,36). The first kappa shape index (κ1) is 24.3. The van der Waals surface area contributed by atoms with E-state index < -0.39 is 35.6 Å². The van der Waals surface area contributed by atoms with Crippen LogP contribution in [0.3, 0.4) is 0 Å². The van der Waals surface area contributed by atoms with E-state index in [2.05, 4.69) is 20.9 Å². The Kier molecular flexibility index (Phi) is 6.53. The van der Waals surface area contributed by atoms with E-state index in [0.29, 0.717) is 29.3 Å². The molecule has 0 saturated heterocycles. The summed E-state index contributed by atoms with van der Waals surface area (Å²) in [5.74, 6) is -1.63. The summed E-state index contributed by atoms with van der Waals surface area (Å²) in [6, 6.07) is 11.2. The highest BCUT2D eigenvalue weighted by molar-refractivity contribution is 6.03. The molecule has 0 spiro atoms. The first-order valence-electron chi connectivity index (χ1n) is 12.1. The average molecular weight is 504 g/mol. The molecule has 5 rings (SSSR count). The normalized spacial score (nSPS) is 17.9. The number of fused-ring (bicyclic) bond motifs is 2. The van der Waals surface area contributed by atoms with Crippen LogP contribution in [0.15, 0.2) is 42.5 Å². The second kappa shape index (κ2) is 9.93. The zero-order valence-corrected chi connectivity index (χ0v) is 20.1. The van der Waals surface area contributed by atoms with Crippen LogP contribution in [0.25, 0.3) is 10.9 Å². The second-order valence-electron chi connectivity index (χ2n) is 9.51. The van der Waals surface area contributed by atoms with Crippen LogP contribution in [0, 0.1) is 23.1 Å². The van der Waals surface area contributed by atoms with Gasteiger partial charge in [-0.05, 0) is 60.7 Å². The number of amides is 3. The fraction of sp³-hybridized carbons (Fsp3) is 0.333. The van der Waals surface area contributed by atoms with E-state index in [1.165, 1.54) is 18.2 Å². The number of hydrogen-bond acceptors (Lipinski definition) is 5. The molecule has 1 aromatic heterocycles. The van der Waals surface area contributed by atoms with Gasteiger partial charge in [0.2, 0.25) is 11.8 Å². The van der Waals surface area contributed by atoms with Crippen LogP contribution in [0.2, 0.25) is 0 Å². The number of nitrogens with one attached hydrogen (secondary N) is 4. The molecule has 1 aliphatic carbocycles. The summed E-state index contributed by atoms with van der Waals surface area (Å²) in [6.07, 6.45) is 2.36. The minimum Gasteiger partial charge on any atom is -0.496 e. The van der Waals surface area contributed by atoms with Gasteiger partial charge in [-0.1, -0.05) is 18.9 Å². The minimum atomic E-state index is -1.01. The molecule has 2 aliphatic rings. The molecule has 3 amide bonds. The van der Waals surface area contributed by atoms with Crippen molar-refractivity contribution in [2.24, 2.45) is 5.92 Å². The Morgan fingerprint density at radius 3 is 2.73 bits per heavy atom. The lowest BCUT2D eigenvalue weighted by molar-refractivity contribution is -0.124. The van der Waals surface area contributed by atoms with Gasteiger partial charge in [0.15, 0.2) is 0 Å². The van der Waals surface area contributed by atoms with Crippen LogP contribution in [-0.2, 0) is 9.59 Å². The minimum absolute atomic E-state index is 0.0174. The first-order valence-corrected chi connectivity index (χ1v) is 12.1. The fourth-order valence-electron chi connectivity index (χ4n) is 4.76. The summed E-state index contributed by atoms with van der Waals surface area (Å²) in [7, 11) is 1.55. The van der Waals surface area contributed by atoms with Gasteiger partial charge in [-0.3, -0.25) is 14.4 Å². The third-order valence-corrected chi connectivity index (χ3v) is 6.88. The largest absolute Gasteiger partial charge is 0.496 e. The molecule has 9 nitrogen and oxygen atoms in total. The number of carbonyl (C=O) groups is 3. The van der Waals surface area contributed by atoms with Crippen LogP contribution in [0.5, 0.6) is 5.75 Å². The molecule has 1 aliphatic heterocycles. The number of benzene rings is 2.